The Morgan fingerprint density at radius 1 is 1.32 bits per heavy atom. The average Bonchev–Trinajstić information content (AvgIpc) is 3.02. The van der Waals surface area contributed by atoms with Crippen LogP contribution < -0.4 is 5.32 Å². The van der Waals surface area contributed by atoms with Gasteiger partial charge in [0.1, 0.15) is 5.01 Å². The molecule has 1 aromatic heterocycles. The van der Waals surface area contributed by atoms with Gasteiger partial charge in [-0.15, -0.1) is 11.3 Å². The second-order valence-corrected chi connectivity index (χ2v) is 6.16. The van der Waals surface area contributed by atoms with Crippen molar-refractivity contribution in [3.63, 3.8) is 0 Å². The van der Waals surface area contributed by atoms with Crippen LogP contribution in [0.4, 0.5) is 4.79 Å². The van der Waals surface area contributed by atoms with Gasteiger partial charge in [-0.05, 0) is 19.9 Å². The molecule has 0 spiro atoms. The van der Waals surface area contributed by atoms with E-state index in [4.69, 9.17) is 4.74 Å². The van der Waals surface area contributed by atoms with Crippen LogP contribution in [0.15, 0.2) is 29.6 Å². The number of rotatable bonds is 5. The normalized spacial score (nSPS) is 11.5. The third-order valence-corrected chi connectivity index (χ3v) is 4.17. The predicted molar refractivity (Wildman–Crippen MR) is 92.1 cm³/mol. The molecule has 2 rings (SSSR count). The molecule has 7 nitrogen and oxygen atoms in total. The summed E-state index contributed by atoms with van der Waals surface area (Å²) in [5, 5.41) is 4.52. The minimum Gasteiger partial charge on any atom is -0.453 e. The first kappa shape index (κ1) is 18.6. The van der Waals surface area contributed by atoms with Crippen LogP contribution in [0.1, 0.15) is 18.2 Å². The first-order chi connectivity index (χ1) is 11.9. The minimum atomic E-state index is -1.11. The van der Waals surface area contributed by atoms with Gasteiger partial charge in [0.25, 0.3) is 5.91 Å². The Hall–Kier alpha value is -2.74. The van der Waals surface area contributed by atoms with Crippen molar-refractivity contribution in [1.29, 1.82) is 0 Å². The second-order valence-electron chi connectivity index (χ2n) is 5.30. The standard InChI is InChI=1S/C17H18N2O5S/c1-10-5-4-6-12(7-10)16-18-13(9-25-16)8-14(20)24-11(2)15(21)19-17(22)23-3/h4-7,9,11H,8H2,1-3H3,(H,19,21,22)/t11-/m0/s1. The van der Waals surface area contributed by atoms with Crippen LogP contribution in [0.5, 0.6) is 0 Å². The van der Waals surface area contributed by atoms with Gasteiger partial charge in [-0.2, -0.15) is 0 Å². The van der Waals surface area contributed by atoms with Gasteiger partial charge in [0.15, 0.2) is 6.10 Å². The summed E-state index contributed by atoms with van der Waals surface area (Å²) >= 11 is 1.43. The number of esters is 1. The summed E-state index contributed by atoms with van der Waals surface area (Å²) in [7, 11) is 1.13. The number of hydrogen-bond donors (Lipinski definition) is 1. The van der Waals surface area contributed by atoms with Crippen LogP contribution in [0, 0.1) is 6.92 Å². The minimum absolute atomic E-state index is 0.0574. The van der Waals surface area contributed by atoms with E-state index in [0.717, 1.165) is 23.2 Å². The number of thiazole rings is 1. The number of hydrogen-bond acceptors (Lipinski definition) is 7. The van der Waals surface area contributed by atoms with Gasteiger partial charge in [-0.3, -0.25) is 14.9 Å². The number of aryl methyl sites for hydroxylation is 1. The van der Waals surface area contributed by atoms with Crippen molar-refractivity contribution in [3.8, 4) is 10.6 Å². The summed E-state index contributed by atoms with van der Waals surface area (Å²) in [6, 6.07) is 7.91. The maximum Gasteiger partial charge on any atom is 0.413 e. The number of alkyl carbamates (subject to hydrolysis) is 1. The van der Waals surface area contributed by atoms with Gasteiger partial charge in [-0.25, -0.2) is 9.78 Å². The summed E-state index contributed by atoms with van der Waals surface area (Å²) < 4.78 is 9.31. The number of carbonyl (C=O) groups excluding carboxylic acids is 3. The van der Waals surface area contributed by atoms with E-state index in [1.807, 2.05) is 36.5 Å². The molecule has 0 aliphatic heterocycles. The highest BCUT2D eigenvalue weighted by Crippen LogP contribution is 2.24. The quantitative estimate of drug-likeness (QED) is 0.821. The fourth-order valence-corrected chi connectivity index (χ4v) is 2.81. The van der Waals surface area contributed by atoms with Crippen molar-refractivity contribution in [1.82, 2.24) is 10.3 Å². The molecule has 8 heteroatoms. The Labute approximate surface area is 149 Å². The summed E-state index contributed by atoms with van der Waals surface area (Å²) in [5.41, 5.74) is 2.67. The number of nitrogens with one attached hydrogen (secondary N) is 1. The summed E-state index contributed by atoms with van der Waals surface area (Å²) in [5.74, 6) is -1.35. The molecule has 0 unspecified atom stereocenters. The molecule has 1 aromatic carbocycles. The van der Waals surface area contributed by atoms with Gasteiger partial charge in [0.2, 0.25) is 0 Å². The molecular formula is C17H18N2O5S. The van der Waals surface area contributed by atoms with Crippen LogP contribution in [-0.4, -0.2) is 36.2 Å². The van der Waals surface area contributed by atoms with E-state index >= 15 is 0 Å². The smallest absolute Gasteiger partial charge is 0.413 e. The second kappa shape index (κ2) is 8.39. The highest BCUT2D eigenvalue weighted by atomic mass is 32.1. The van der Waals surface area contributed by atoms with Crippen LogP contribution in [-0.2, 0) is 25.5 Å². The molecule has 0 saturated carbocycles. The number of benzene rings is 1. The Bertz CT molecular complexity index is 787. The number of carbonyl (C=O) groups is 3. The summed E-state index contributed by atoms with van der Waals surface area (Å²) in [6.07, 6.45) is -2.07. The van der Waals surface area contributed by atoms with E-state index in [1.54, 1.807) is 5.38 Å². The van der Waals surface area contributed by atoms with Gasteiger partial charge < -0.3 is 9.47 Å². The molecule has 2 aromatic rings. The van der Waals surface area contributed by atoms with Crippen molar-refractivity contribution < 1.29 is 23.9 Å². The molecule has 1 heterocycles. The van der Waals surface area contributed by atoms with E-state index in [-0.39, 0.29) is 6.42 Å². The van der Waals surface area contributed by atoms with Crippen molar-refractivity contribution in [2.45, 2.75) is 26.4 Å². The fraction of sp³-hybridized carbons (Fsp3) is 0.294. The SMILES string of the molecule is COC(=O)NC(=O)[C@H](C)OC(=O)Cc1csc(-c2cccc(C)c2)n1. The van der Waals surface area contributed by atoms with E-state index in [2.05, 4.69) is 9.72 Å². The van der Waals surface area contributed by atoms with Gasteiger partial charge in [-0.1, -0.05) is 23.8 Å². The molecule has 25 heavy (non-hydrogen) atoms. The van der Waals surface area contributed by atoms with E-state index < -0.39 is 24.1 Å². The lowest BCUT2D eigenvalue weighted by atomic mass is 10.1. The Morgan fingerprint density at radius 2 is 2.08 bits per heavy atom. The molecule has 0 fully saturated rings. The number of ether oxygens (including phenoxy) is 2. The predicted octanol–water partition coefficient (Wildman–Crippen LogP) is 2.48. The zero-order chi connectivity index (χ0) is 18.4. The zero-order valence-corrected chi connectivity index (χ0v) is 14.9. The Morgan fingerprint density at radius 3 is 2.76 bits per heavy atom. The average molecular weight is 362 g/mol. The zero-order valence-electron chi connectivity index (χ0n) is 14.1. The molecule has 1 atom stereocenters. The van der Waals surface area contributed by atoms with Gasteiger partial charge >= 0.3 is 12.1 Å². The van der Waals surface area contributed by atoms with Crippen molar-refractivity contribution in [2.75, 3.05) is 7.11 Å². The largest absolute Gasteiger partial charge is 0.453 e. The highest BCUT2D eigenvalue weighted by Gasteiger charge is 2.21. The summed E-state index contributed by atoms with van der Waals surface area (Å²) in [4.78, 5) is 38.9. The molecule has 2 amide bonds. The number of methoxy groups -OCH3 is 1. The molecular weight excluding hydrogens is 344 g/mol. The molecule has 0 bridgehead atoms. The van der Waals surface area contributed by atoms with Crippen LogP contribution in [0.3, 0.4) is 0 Å². The van der Waals surface area contributed by atoms with Crippen LogP contribution in [0.2, 0.25) is 0 Å². The lowest BCUT2D eigenvalue weighted by molar-refractivity contribution is -0.154. The molecule has 0 aliphatic rings. The van der Waals surface area contributed by atoms with Gasteiger partial charge in [0.05, 0.1) is 19.2 Å². The number of nitrogens with zero attached hydrogens (tertiary/aromatic N) is 1. The monoisotopic (exact) mass is 362 g/mol. The molecule has 0 radical (unpaired) electrons. The van der Waals surface area contributed by atoms with E-state index in [9.17, 15) is 14.4 Å². The number of aromatic nitrogens is 1. The van der Waals surface area contributed by atoms with Crippen LogP contribution >= 0.6 is 11.3 Å². The maximum atomic E-state index is 11.9. The maximum absolute atomic E-state index is 11.9. The Balaban J connectivity index is 1.93. The lowest BCUT2D eigenvalue weighted by Crippen LogP contribution is -2.39. The van der Waals surface area contributed by atoms with E-state index in [0.29, 0.717) is 5.69 Å². The topological polar surface area (TPSA) is 94.6 Å². The molecule has 0 aliphatic carbocycles. The number of imide groups is 1. The van der Waals surface area contributed by atoms with E-state index in [1.165, 1.54) is 18.3 Å². The van der Waals surface area contributed by atoms with Crippen molar-refractivity contribution >= 4 is 29.3 Å². The highest BCUT2D eigenvalue weighted by molar-refractivity contribution is 7.13. The first-order valence-corrected chi connectivity index (χ1v) is 8.36. The molecule has 1 N–H and O–H groups in total. The van der Waals surface area contributed by atoms with Crippen molar-refractivity contribution in [3.05, 3.63) is 40.9 Å². The summed E-state index contributed by atoms with van der Waals surface area (Å²) in [6.45, 7) is 3.37. The third-order valence-electron chi connectivity index (χ3n) is 3.23. The molecule has 0 saturated heterocycles. The van der Waals surface area contributed by atoms with Gasteiger partial charge in [0, 0.05) is 10.9 Å². The number of amides is 2. The first-order valence-electron chi connectivity index (χ1n) is 7.48. The fourth-order valence-electron chi connectivity index (χ4n) is 1.99. The van der Waals surface area contributed by atoms with Crippen LogP contribution in [0.25, 0.3) is 10.6 Å². The lowest BCUT2D eigenvalue weighted by Gasteiger charge is -2.11. The third kappa shape index (κ3) is 5.39. The van der Waals surface area contributed by atoms with Crippen molar-refractivity contribution in [2.24, 2.45) is 0 Å². The molecule has 132 valence electrons. The Kier molecular flexibility index (Phi) is 6.24.